The van der Waals surface area contributed by atoms with E-state index in [1.165, 1.54) is 0 Å². The molecule has 0 bridgehead atoms. The third-order valence-corrected chi connectivity index (χ3v) is 6.39. The van der Waals surface area contributed by atoms with Gasteiger partial charge in [-0.25, -0.2) is 8.42 Å². The Labute approximate surface area is 189 Å². The van der Waals surface area contributed by atoms with Crippen molar-refractivity contribution in [2.24, 2.45) is 0 Å². The molecule has 2 amide bonds. The van der Waals surface area contributed by atoms with Gasteiger partial charge in [-0.15, -0.1) is 0 Å². The molecule has 1 aliphatic rings. The van der Waals surface area contributed by atoms with E-state index in [1.807, 2.05) is 32.0 Å². The van der Waals surface area contributed by atoms with Crippen molar-refractivity contribution in [2.45, 2.75) is 19.8 Å². The average molecular weight is 460 g/mol. The van der Waals surface area contributed by atoms with Gasteiger partial charge in [0.25, 0.3) is 5.91 Å². The molecular weight excluding hydrogens is 430 g/mol. The van der Waals surface area contributed by atoms with Crippen molar-refractivity contribution in [1.82, 2.24) is 4.90 Å². The summed E-state index contributed by atoms with van der Waals surface area (Å²) < 4.78 is 31.1. The maximum Gasteiger partial charge on any atom is 0.254 e. The minimum absolute atomic E-state index is 0.131. The zero-order valence-corrected chi connectivity index (χ0v) is 19.4. The number of carbonyl (C=O) groups is 2. The minimum atomic E-state index is -3.72. The lowest BCUT2D eigenvalue weighted by Gasteiger charge is -2.27. The van der Waals surface area contributed by atoms with E-state index in [4.69, 9.17) is 4.74 Å². The molecule has 3 rings (SSSR count). The Hall–Kier alpha value is -2.91. The SMILES string of the molecule is CC(C)c1ccccc1NC(=O)CN(c1ccc(C(=O)N2CCOCC2)cc1)S(C)(=O)=O. The van der Waals surface area contributed by atoms with Gasteiger partial charge in [-0.2, -0.15) is 0 Å². The second kappa shape index (κ2) is 10.1. The molecule has 9 heteroatoms. The number of carbonyl (C=O) groups excluding carboxylic acids is 2. The summed E-state index contributed by atoms with van der Waals surface area (Å²) in [6.45, 7) is 5.72. The lowest BCUT2D eigenvalue weighted by molar-refractivity contribution is -0.114. The van der Waals surface area contributed by atoms with Gasteiger partial charge >= 0.3 is 0 Å². The number of amides is 2. The second-order valence-corrected chi connectivity index (χ2v) is 9.92. The Morgan fingerprint density at radius 1 is 1.06 bits per heavy atom. The lowest BCUT2D eigenvalue weighted by atomic mass is 10.0. The van der Waals surface area contributed by atoms with Crippen LogP contribution in [0.4, 0.5) is 11.4 Å². The fraction of sp³-hybridized carbons (Fsp3) is 0.391. The predicted octanol–water partition coefficient (Wildman–Crippen LogP) is 2.69. The van der Waals surface area contributed by atoms with Crippen LogP contribution >= 0.6 is 0 Å². The molecule has 1 aliphatic heterocycles. The van der Waals surface area contributed by atoms with Crippen LogP contribution in [0, 0.1) is 0 Å². The molecule has 1 saturated heterocycles. The molecular formula is C23H29N3O5S. The molecule has 0 saturated carbocycles. The highest BCUT2D eigenvalue weighted by molar-refractivity contribution is 7.92. The number of benzene rings is 2. The number of anilines is 2. The number of rotatable bonds is 7. The summed E-state index contributed by atoms with van der Waals surface area (Å²) in [5.41, 5.74) is 2.41. The van der Waals surface area contributed by atoms with Crippen LogP contribution in [0.1, 0.15) is 35.7 Å². The quantitative estimate of drug-likeness (QED) is 0.687. The summed E-state index contributed by atoms with van der Waals surface area (Å²) in [6, 6.07) is 13.7. The standard InChI is InChI=1S/C23H29N3O5S/c1-17(2)20-6-4-5-7-21(20)24-22(27)16-26(32(3,29)30)19-10-8-18(9-11-19)23(28)25-12-14-31-15-13-25/h4-11,17H,12-16H2,1-3H3,(H,24,27). The third kappa shape index (κ3) is 5.86. The number of nitrogens with one attached hydrogen (secondary N) is 1. The molecule has 1 heterocycles. The van der Waals surface area contributed by atoms with E-state index in [2.05, 4.69) is 5.32 Å². The molecule has 0 aromatic heterocycles. The molecule has 0 atom stereocenters. The molecule has 1 N–H and O–H groups in total. The number of nitrogens with zero attached hydrogens (tertiary/aromatic N) is 2. The number of sulfonamides is 1. The highest BCUT2D eigenvalue weighted by atomic mass is 32.2. The van der Waals surface area contributed by atoms with Gasteiger partial charge in [-0.1, -0.05) is 32.0 Å². The third-order valence-electron chi connectivity index (χ3n) is 5.24. The number of para-hydroxylation sites is 1. The molecule has 8 nitrogen and oxygen atoms in total. The first-order chi connectivity index (χ1) is 15.2. The van der Waals surface area contributed by atoms with Crippen LogP contribution in [0.5, 0.6) is 0 Å². The van der Waals surface area contributed by atoms with E-state index in [0.717, 1.165) is 16.1 Å². The Morgan fingerprint density at radius 2 is 1.69 bits per heavy atom. The van der Waals surface area contributed by atoms with Crippen LogP contribution < -0.4 is 9.62 Å². The van der Waals surface area contributed by atoms with Gasteiger partial charge in [0.1, 0.15) is 6.54 Å². The van der Waals surface area contributed by atoms with Gasteiger partial charge in [0.05, 0.1) is 25.2 Å². The minimum Gasteiger partial charge on any atom is -0.378 e. The van der Waals surface area contributed by atoms with Gasteiger partial charge in [-0.3, -0.25) is 13.9 Å². The van der Waals surface area contributed by atoms with Crippen molar-refractivity contribution >= 4 is 33.2 Å². The molecule has 0 spiro atoms. The van der Waals surface area contributed by atoms with E-state index in [0.29, 0.717) is 43.2 Å². The summed E-state index contributed by atoms with van der Waals surface area (Å²) >= 11 is 0. The molecule has 0 unspecified atom stereocenters. The van der Waals surface area contributed by atoms with Crippen LogP contribution in [0.25, 0.3) is 0 Å². The highest BCUT2D eigenvalue weighted by Gasteiger charge is 2.23. The maximum atomic E-state index is 12.7. The molecule has 172 valence electrons. The Kier molecular flexibility index (Phi) is 7.52. The zero-order valence-electron chi connectivity index (χ0n) is 18.6. The van der Waals surface area contributed by atoms with Gasteiger partial charge in [0, 0.05) is 24.3 Å². The van der Waals surface area contributed by atoms with Crippen LogP contribution in [-0.2, 0) is 19.6 Å². The fourth-order valence-corrected chi connectivity index (χ4v) is 4.41. The summed E-state index contributed by atoms with van der Waals surface area (Å²) in [5.74, 6) is -0.375. The van der Waals surface area contributed by atoms with Crippen molar-refractivity contribution in [2.75, 3.05) is 48.7 Å². The number of hydrogen-bond acceptors (Lipinski definition) is 5. The fourth-order valence-electron chi connectivity index (χ4n) is 3.55. The normalized spacial score (nSPS) is 14.3. The summed E-state index contributed by atoms with van der Waals surface area (Å²) in [5, 5.41) is 2.82. The van der Waals surface area contributed by atoms with E-state index >= 15 is 0 Å². The lowest BCUT2D eigenvalue weighted by Crippen LogP contribution is -2.40. The first kappa shape index (κ1) is 23.7. The van der Waals surface area contributed by atoms with E-state index < -0.39 is 15.9 Å². The Balaban J connectivity index is 1.76. The molecule has 2 aromatic rings. The summed E-state index contributed by atoms with van der Waals surface area (Å²) in [4.78, 5) is 27.0. The second-order valence-electron chi connectivity index (χ2n) is 8.01. The average Bonchev–Trinajstić information content (AvgIpc) is 2.77. The van der Waals surface area contributed by atoms with E-state index in [1.54, 1.807) is 35.2 Å². The maximum absolute atomic E-state index is 12.7. The largest absolute Gasteiger partial charge is 0.378 e. The molecule has 0 radical (unpaired) electrons. The molecule has 2 aromatic carbocycles. The topological polar surface area (TPSA) is 96.0 Å². The number of morpholine rings is 1. The van der Waals surface area contributed by atoms with Crippen LogP contribution in [0.15, 0.2) is 48.5 Å². The first-order valence-electron chi connectivity index (χ1n) is 10.5. The van der Waals surface area contributed by atoms with Crippen LogP contribution in [0.2, 0.25) is 0 Å². The van der Waals surface area contributed by atoms with Gasteiger partial charge in [-0.05, 0) is 41.8 Å². The van der Waals surface area contributed by atoms with Gasteiger partial charge < -0.3 is 15.0 Å². The summed E-state index contributed by atoms with van der Waals surface area (Å²) in [7, 11) is -3.72. The van der Waals surface area contributed by atoms with E-state index in [-0.39, 0.29) is 18.4 Å². The highest BCUT2D eigenvalue weighted by Crippen LogP contribution is 2.24. The summed E-state index contributed by atoms with van der Waals surface area (Å²) in [6.07, 6.45) is 1.05. The van der Waals surface area contributed by atoms with Gasteiger partial charge in [0.15, 0.2) is 0 Å². The Morgan fingerprint density at radius 3 is 2.28 bits per heavy atom. The number of ether oxygens (including phenoxy) is 1. The monoisotopic (exact) mass is 459 g/mol. The van der Waals surface area contributed by atoms with Gasteiger partial charge in [0.2, 0.25) is 15.9 Å². The Bertz CT molecular complexity index is 1060. The molecule has 1 fully saturated rings. The number of hydrogen-bond donors (Lipinski definition) is 1. The van der Waals surface area contributed by atoms with Crippen molar-refractivity contribution < 1.29 is 22.7 Å². The van der Waals surface area contributed by atoms with Crippen molar-refractivity contribution in [1.29, 1.82) is 0 Å². The smallest absolute Gasteiger partial charge is 0.254 e. The predicted molar refractivity (Wildman–Crippen MR) is 125 cm³/mol. The van der Waals surface area contributed by atoms with Crippen molar-refractivity contribution in [3.63, 3.8) is 0 Å². The van der Waals surface area contributed by atoms with Crippen molar-refractivity contribution in [3.8, 4) is 0 Å². The molecule has 32 heavy (non-hydrogen) atoms. The molecule has 0 aliphatic carbocycles. The zero-order chi connectivity index (χ0) is 23.3. The van der Waals surface area contributed by atoms with Crippen LogP contribution in [-0.4, -0.2) is 64.2 Å². The van der Waals surface area contributed by atoms with Crippen molar-refractivity contribution in [3.05, 3.63) is 59.7 Å². The van der Waals surface area contributed by atoms with E-state index in [9.17, 15) is 18.0 Å². The first-order valence-corrected chi connectivity index (χ1v) is 12.3. The van der Waals surface area contributed by atoms with Crippen LogP contribution in [0.3, 0.4) is 0 Å².